The van der Waals surface area contributed by atoms with E-state index in [1.807, 2.05) is 20.8 Å². The van der Waals surface area contributed by atoms with E-state index < -0.39 is 17.5 Å². The molecule has 0 saturated heterocycles. The van der Waals surface area contributed by atoms with Crippen LogP contribution >= 0.6 is 0 Å². The fourth-order valence-corrected chi connectivity index (χ4v) is 2.44. The fourth-order valence-electron chi connectivity index (χ4n) is 2.44. The molecule has 2 N–H and O–H groups in total. The predicted molar refractivity (Wildman–Crippen MR) is 67.2 cm³/mol. The van der Waals surface area contributed by atoms with Gasteiger partial charge in [-0.15, -0.1) is 0 Å². The van der Waals surface area contributed by atoms with Gasteiger partial charge in [0.2, 0.25) is 5.91 Å². The molecule has 0 spiro atoms. The Bertz CT molecular complexity index is 314. The Morgan fingerprint density at radius 1 is 1.33 bits per heavy atom. The van der Waals surface area contributed by atoms with E-state index in [2.05, 4.69) is 5.32 Å². The van der Waals surface area contributed by atoms with E-state index in [0.29, 0.717) is 26.0 Å². The van der Waals surface area contributed by atoms with Gasteiger partial charge in [-0.25, -0.2) is 0 Å². The fraction of sp³-hybridized carbons (Fsp3) is 0.846. The van der Waals surface area contributed by atoms with Crippen LogP contribution in [0.1, 0.15) is 40.0 Å². The topological polar surface area (TPSA) is 75.6 Å². The number of carboxylic acids is 1. The lowest BCUT2D eigenvalue weighted by Gasteiger charge is -2.26. The molecule has 0 aromatic rings. The first-order valence-electron chi connectivity index (χ1n) is 6.52. The molecule has 2 unspecified atom stereocenters. The summed E-state index contributed by atoms with van der Waals surface area (Å²) in [6, 6.07) is 0. The molecule has 18 heavy (non-hydrogen) atoms. The summed E-state index contributed by atoms with van der Waals surface area (Å²) in [5, 5.41) is 11.8. The molecule has 104 valence electrons. The Labute approximate surface area is 108 Å². The summed E-state index contributed by atoms with van der Waals surface area (Å²) in [6.45, 7) is 6.70. The predicted octanol–water partition coefficient (Wildman–Crippen LogP) is 1.42. The molecule has 1 aliphatic rings. The van der Waals surface area contributed by atoms with Crippen LogP contribution in [0.25, 0.3) is 0 Å². The van der Waals surface area contributed by atoms with Crippen molar-refractivity contribution in [2.75, 3.05) is 13.2 Å². The summed E-state index contributed by atoms with van der Waals surface area (Å²) in [5.74, 6) is -1.94. The number of hydrogen-bond acceptors (Lipinski definition) is 3. The quantitative estimate of drug-likeness (QED) is 0.754. The van der Waals surface area contributed by atoms with Gasteiger partial charge in [0, 0.05) is 13.2 Å². The highest BCUT2D eigenvalue weighted by Crippen LogP contribution is 2.32. The zero-order valence-electron chi connectivity index (χ0n) is 11.4. The van der Waals surface area contributed by atoms with Crippen LogP contribution in [-0.4, -0.2) is 35.7 Å². The van der Waals surface area contributed by atoms with Crippen LogP contribution in [0.15, 0.2) is 0 Å². The maximum absolute atomic E-state index is 12.0. The normalized spacial score (nSPS) is 23.9. The van der Waals surface area contributed by atoms with Crippen molar-refractivity contribution in [3.05, 3.63) is 0 Å². The van der Waals surface area contributed by atoms with Gasteiger partial charge in [-0.1, -0.05) is 6.42 Å². The molecule has 2 atom stereocenters. The lowest BCUT2D eigenvalue weighted by molar-refractivity contribution is -0.146. The molecule has 0 aromatic heterocycles. The van der Waals surface area contributed by atoms with Crippen molar-refractivity contribution in [3.8, 4) is 0 Å². The maximum Gasteiger partial charge on any atom is 0.307 e. The summed E-state index contributed by atoms with van der Waals surface area (Å²) in [6.07, 6.45) is 2.07. The van der Waals surface area contributed by atoms with E-state index in [1.54, 1.807) is 0 Å². The van der Waals surface area contributed by atoms with Gasteiger partial charge in [0.15, 0.2) is 0 Å². The molecule has 5 heteroatoms. The molecular formula is C13H23NO4. The van der Waals surface area contributed by atoms with Crippen molar-refractivity contribution in [3.63, 3.8) is 0 Å². The molecule has 1 aliphatic carbocycles. The molecule has 5 nitrogen and oxygen atoms in total. The van der Waals surface area contributed by atoms with Gasteiger partial charge in [-0.05, 0) is 33.6 Å². The number of carbonyl (C=O) groups excluding carboxylic acids is 1. The zero-order chi connectivity index (χ0) is 13.8. The van der Waals surface area contributed by atoms with E-state index >= 15 is 0 Å². The highest BCUT2D eigenvalue weighted by molar-refractivity contribution is 5.85. The van der Waals surface area contributed by atoms with E-state index in [9.17, 15) is 9.59 Å². The second-order valence-corrected chi connectivity index (χ2v) is 5.39. The summed E-state index contributed by atoms with van der Waals surface area (Å²) in [4.78, 5) is 23.0. The van der Waals surface area contributed by atoms with Gasteiger partial charge in [-0.2, -0.15) is 0 Å². The number of rotatable bonds is 6. The number of carbonyl (C=O) groups is 2. The molecule has 0 radical (unpaired) electrons. The largest absolute Gasteiger partial charge is 0.481 e. The molecule has 0 aliphatic heterocycles. The van der Waals surface area contributed by atoms with Crippen LogP contribution in [0, 0.1) is 11.8 Å². The van der Waals surface area contributed by atoms with Crippen molar-refractivity contribution in [1.29, 1.82) is 0 Å². The van der Waals surface area contributed by atoms with Gasteiger partial charge < -0.3 is 15.2 Å². The average Bonchev–Trinajstić information content (AvgIpc) is 2.74. The van der Waals surface area contributed by atoms with E-state index in [0.717, 1.165) is 6.42 Å². The lowest BCUT2D eigenvalue weighted by Crippen LogP contribution is -2.44. The van der Waals surface area contributed by atoms with E-state index in [4.69, 9.17) is 9.84 Å². The van der Waals surface area contributed by atoms with Crippen molar-refractivity contribution < 1.29 is 19.4 Å². The summed E-state index contributed by atoms with van der Waals surface area (Å²) in [5.41, 5.74) is -0.415. The number of amides is 1. The third-order valence-corrected chi connectivity index (χ3v) is 3.39. The minimum atomic E-state index is -0.864. The summed E-state index contributed by atoms with van der Waals surface area (Å²) < 4.78 is 5.49. The van der Waals surface area contributed by atoms with E-state index in [1.165, 1.54) is 0 Å². The number of ether oxygens (including phenoxy) is 1. The van der Waals surface area contributed by atoms with Gasteiger partial charge >= 0.3 is 5.97 Å². The molecule has 0 bridgehead atoms. The maximum atomic E-state index is 12.0. The molecule has 1 rings (SSSR count). The molecule has 0 heterocycles. The smallest absolute Gasteiger partial charge is 0.307 e. The first-order valence-corrected chi connectivity index (χ1v) is 6.52. The Hall–Kier alpha value is -1.10. The van der Waals surface area contributed by atoms with Crippen LogP contribution in [0.4, 0.5) is 0 Å². The highest BCUT2D eigenvalue weighted by atomic mass is 16.5. The second-order valence-electron chi connectivity index (χ2n) is 5.39. The van der Waals surface area contributed by atoms with Crippen molar-refractivity contribution >= 4 is 11.9 Å². The Morgan fingerprint density at radius 2 is 1.94 bits per heavy atom. The Kier molecular flexibility index (Phi) is 5.14. The van der Waals surface area contributed by atoms with Crippen molar-refractivity contribution in [2.24, 2.45) is 11.8 Å². The van der Waals surface area contributed by atoms with Gasteiger partial charge in [0.25, 0.3) is 0 Å². The molecule has 1 fully saturated rings. The average molecular weight is 257 g/mol. The SMILES string of the molecule is CCOC(C)(C)CNC(=O)C1CCCC1C(=O)O. The van der Waals surface area contributed by atoms with Gasteiger partial charge in [0.05, 0.1) is 17.4 Å². The minimum absolute atomic E-state index is 0.160. The van der Waals surface area contributed by atoms with Crippen molar-refractivity contribution in [1.82, 2.24) is 5.32 Å². The zero-order valence-corrected chi connectivity index (χ0v) is 11.4. The molecular weight excluding hydrogens is 234 g/mol. The van der Waals surface area contributed by atoms with Crippen LogP contribution in [0.5, 0.6) is 0 Å². The number of aliphatic carboxylic acids is 1. The third kappa shape index (κ3) is 3.98. The minimum Gasteiger partial charge on any atom is -0.481 e. The van der Waals surface area contributed by atoms with E-state index in [-0.39, 0.29) is 11.8 Å². The van der Waals surface area contributed by atoms with Gasteiger partial charge in [0.1, 0.15) is 0 Å². The lowest BCUT2D eigenvalue weighted by atomic mass is 9.95. The second kappa shape index (κ2) is 6.18. The Balaban J connectivity index is 2.48. The van der Waals surface area contributed by atoms with Crippen LogP contribution in [0.2, 0.25) is 0 Å². The van der Waals surface area contributed by atoms with Crippen LogP contribution in [-0.2, 0) is 14.3 Å². The first-order chi connectivity index (χ1) is 8.37. The number of nitrogens with one attached hydrogen (secondary N) is 1. The standard InChI is InChI=1S/C13H23NO4/c1-4-18-13(2,3)8-14-11(15)9-6-5-7-10(9)12(16)17/h9-10H,4-8H2,1-3H3,(H,14,15)(H,16,17). The molecule has 1 amide bonds. The summed E-state index contributed by atoms with van der Waals surface area (Å²) in [7, 11) is 0. The van der Waals surface area contributed by atoms with Crippen LogP contribution in [0.3, 0.4) is 0 Å². The first kappa shape index (κ1) is 15.0. The van der Waals surface area contributed by atoms with Crippen LogP contribution < -0.4 is 5.32 Å². The monoisotopic (exact) mass is 257 g/mol. The highest BCUT2D eigenvalue weighted by Gasteiger charge is 2.38. The van der Waals surface area contributed by atoms with Crippen molar-refractivity contribution in [2.45, 2.75) is 45.6 Å². The summed E-state index contributed by atoms with van der Waals surface area (Å²) >= 11 is 0. The molecule has 0 aromatic carbocycles. The van der Waals surface area contributed by atoms with Gasteiger partial charge in [-0.3, -0.25) is 9.59 Å². The number of hydrogen-bond donors (Lipinski definition) is 2. The Morgan fingerprint density at radius 3 is 2.50 bits per heavy atom. The third-order valence-electron chi connectivity index (χ3n) is 3.39. The number of carboxylic acid groups (broad SMARTS) is 1. The molecule has 1 saturated carbocycles.